The number of benzene rings is 2. The molecule has 0 aromatic heterocycles. The van der Waals surface area contributed by atoms with Gasteiger partial charge in [-0.3, -0.25) is 9.59 Å². The number of nitrogens with one attached hydrogen (secondary N) is 1. The van der Waals surface area contributed by atoms with Gasteiger partial charge in [0.15, 0.2) is 11.5 Å². The summed E-state index contributed by atoms with van der Waals surface area (Å²) in [6.45, 7) is 3.27. The van der Waals surface area contributed by atoms with E-state index in [1.54, 1.807) is 54.3 Å². The average molecular weight is 410 g/mol. The number of carbonyl (C=O) groups is 3. The topological polar surface area (TPSA) is 94.2 Å². The van der Waals surface area contributed by atoms with Crippen LogP contribution in [0.25, 0.3) is 0 Å². The zero-order valence-corrected chi connectivity index (χ0v) is 16.6. The van der Waals surface area contributed by atoms with Crippen molar-refractivity contribution in [3.8, 4) is 11.5 Å². The van der Waals surface area contributed by atoms with Gasteiger partial charge < -0.3 is 24.4 Å². The highest BCUT2D eigenvalue weighted by atomic mass is 16.6. The lowest BCUT2D eigenvalue weighted by atomic mass is 10.1. The van der Waals surface area contributed by atoms with Crippen LogP contribution in [-0.2, 0) is 14.3 Å². The van der Waals surface area contributed by atoms with E-state index in [1.807, 2.05) is 0 Å². The molecular formula is C22H22N2O6. The Bertz CT molecular complexity index is 972. The van der Waals surface area contributed by atoms with Gasteiger partial charge in [0.2, 0.25) is 11.8 Å². The fourth-order valence-corrected chi connectivity index (χ4v) is 3.49. The second-order valence-corrected chi connectivity index (χ2v) is 7.02. The normalized spacial score (nSPS) is 17.6. The molecule has 1 atom stereocenters. The standard InChI is InChI=1S/C22H22N2O6/c1-2-28-22(27)14-3-6-17(7-4-14)24-13-15(11-20(24)25)21(26)23-16-5-8-18-19(12-16)30-10-9-29-18/h3-8,12,15H,2,9-11,13H2,1H3,(H,23,26). The molecule has 30 heavy (non-hydrogen) atoms. The number of fused-ring (bicyclic) bond motifs is 1. The Labute approximate surface area is 173 Å². The number of anilines is 2. The van der Waals surface area contributed by atoms with Crippen LogP contribution in [0.15, 0.2) is 42.5 Å². The molecule has 0 radical (unpaired) electrons. The molecular weight excluding hydrogens is 388 g/mol. The van der Waals surface area contributed by atoms with E-state index >= 15 is 0 Å². The summed E-state index contributed by atoms with van der Waals surface area (Å²) in [5.74, 6) is -0.0200. The van der Waals surface area contributed by atoms with Gasteiger partial charge in [0.1, 0.15) is 13.2 Å². The van der Waals surface area contributed by atoms with Gasteiger partial charge in [0.25, 0.3) is 0 Å². The van der Waals surface area contributed by atoms with E-state index in [0.29, 0.717) is 48.3 Å². The zero-order valence-electron chi connectivity index (χ0n) is 16.6. The number of ether oxygens (including phenoxy) is 3. The van der Waals surface area contributed by atoms with Crippen LogP contribution >= 0.6 is 0 Å². The van der Waals surface area contributed by atoms with Gasteiger partial charge in [0.05, 0.1) is 18.1 Å². The van der Waals surface area contributed by atoms with Crippen LogP contribution in [0.2, 0.25) is 0 Å². The molecule has 2 aliphatic rings. The first-order valence-electron chi connectivity index (χ1n) is 9.83. The zero-order chi connectivity index (χ0) is 21.1. The van der Waals surface area contributed by atoms with E-state index in [-0.39, 0.29) is 24.8 Å². The van der Waals surface area contributed by atoms with E-state index < -0.39 is 11.9 Å². The summed E-state index contributed by atoms with van der Waals surface area (Å²) in [6.07, 6.45) is 0.121. The van der Waals surface area contributed by atoms with Crippen LogP contribution in [0.1, 0.15) is 23.7 Å². The Morgan fingerprint density at radius 1 is 1.10 bits per heavy atom. The molecule has 2 amide bonds. The minimum Gasteiger partial charge on any atom is -0.486 e. The molecule has 0 spiro atoms. The first-order chi connectivity index (χ1) is 14.5. The summed E-state index contributed by atoms with van der Waals surface area (Å²) in [7, 11) is 0. The minimum absolute atomic E-state index is 0.121. The second-order valence-electron chi connectivity index (χ2n) is 7.02. The van der Waals surface area contributed by atoms with Crippen LogP contribution < -0.4 is 19.7 Å². The Balaban J connectivity index is 1.40. The highest BCUT2D eigenvalue weighted by Crippen LogP contribution is 2.33. The molecule has 2 aromatic carbocycles. The van der Waals surface area contributed by atoms with Gasteiger partial charge in [-0.25, -0.2) is 4.79 Å². The fourth-order valence-electron chi connectivity index (χ4n) is 3.49. The van der Waals surface area contributed by atoms with Gasteiger partial charge in [-0.2, -0.15) is 0 Å². The van der Waals surface area contributed by atoms with E-state index in [0.717, 1.165) is 0 Å². The Hall–Kier alpha value is -3.55. The summed E-state index contributed by atoms with van der Waals surface area (Å²) < 4.78 is 16.0. The number of nitrogens with zero attached hydrogens (tertiary/aromatic N) is 1. The molecule has 2 aromatic rings. The fraction of sp³-hybridized carbons (Fsp3) is 0.318. The molecule has 2 aliphatic heterocycles. The third kappa shape index (κ3) is 4.07. The third-order valence-electron chi connectivity index (χ3n) is 5.00. The Morgan fingerprint density at radius 3 is 2.57 bits per heavy atom. The SMILES string of the molecule is CCOC(=O)c1ccc(N2CC(C(=O)Nc3ccc4c(c3)OCCO4)CC2=O)cc1. The molecule has 2 heterocycles. The summed E-state index contributed by atoms with van der Waals surface area (Å²) >= 11 is 0. The Morgan fingerprint density at radius 2 is 1.83 bits per heavy atom. The molecule has 4 rings (SSSR count). The molecule has 8 heteroatoms. The summed E-state index contributed by atoms with van der Waals surface area (Å²) in [5, 5.41) is 2.85. The van der Waals surface area contributed by atoms with Crippen LogP contribution in [0.5, 0.6) is 11.5 Å². The maximum Gasteiger partial charge on any atom is 0.338 e. The monoisotopic (exact) mass is 410 g/mol. The van der Waals surface area contributed by atoms with Crippen molar-refractivity contribution >= 4 is 29.2 Å². The molecule has 1 N–H and O–H groups in total. The smallest absolute Gasteiger partial charge is 0.338 e. The van der Waals surface area contributed by atoms with E-state index in [4.69, 9.17) is 14.2 Å². The van der Waals surface area contributed by atoms with Gasteiger partial charge in [-0.15, -0.1) is 0 Å². The van der Waals surface area contributed by atoms with Crippen molar-refractivity contribution in [2.75, 3.05) is 36.6 Å². The van der Waals surface area contributed by atoms with Crippen LogP contribution in [0, 0.1) is 5.92 Å². The summed E-state index contributed by atoms with van der Waals surface area (Å²) in [4.78, 5) is 38.5. The van der Waals surface area contributed by atoms with Crippen molar-refractivity contribution in [1.82, 2.24) is 0 Å². The largest absolute Gasteiger partial charge is 0.486 e. The quantitative estimate of drug-likeness (QED) is 0.762. The molecule has 1 fully saturated rings. The first-order valence-corrected chi connectivity index (χ1v) is 9.83. The third-order valence-corrected chi connectivity index (χ3v) is 5.00. The van der Waals surface area contributed by atoms with Crippen molar-refractivity contribution in [2.45, 2.75) is 13.3 Å². The van der Waals surface area contributed by atoms with Crippen molar-refractivity contribution < 1.29 is 28.6 Å². The maximum atomic E-state index is 12.7. The lowest BCUT2D eigenvalue weighted by Crippen LogP contribution is -2.28. The van der Waals surface area contributed by atoms with Gasteiger partial charge >= 0.3 is 5.97 Å². The maximum absolute atomic E-state index is 12.7. The van der Waals surface area contributed by atoms with Crippen molar-refractivity contribution in [1.29, 1.82) is 0 Å². The number of amides is 2. The molecule has 0 bridgehead atoms. The molecule has 156 valence electrons. The van der Waals surface area contributed by atoms with Gasteiger partial charge in [-0.05, 0) is 43.3 Å². The highest BCUT2D eigenvalue weighted by molar-refractivity contribution is 6.03. The van der Waals surface area contributed by atoms with Gasteiger partial charge in [0, 0.05) is 30.4 Å². The van der Waals surface area contributed by atoms with Crippen molar-refractivity contribution in [3.63, 3.8) is 0 Å². The summed E-state index contributed by atoms with van der Waals surface area (Å²) in [5.41, 5.74) is 1.65. The molecule has 1 saturated heterocycles. The van der Waals surface area contributed by atoms with Gasteiger partial charge in [-0.1, -0.05) is 0 Å². The van der Waals surface area contributed by atoms with Crippen LogP contribution in [0.3, 0.4) is 0 Å². The first kappa shape index (κ1) is 19.8. The number of hydrogen-bond donors (Lipinski definition) is 1. The number of hydrogen-bond acceptors (Lipinski definition) is 6. The van der Waals surface area contributed by atoms with Crippen molar-refractivity contribution in [2.24, 2.45) is 5.92 Å². The van der Waals surface area contributed by atoms with Crippen molar-refractivity contribution in [3.05, 3.63) is 48.0 Å². The predicted octanol–water partition coefficient (Wildman–Crippen LogP) is 2.63. The second kappa shape index (κ2) is 8.44. The van der Waals surface area contributed by atoms with E-state index in [2.05, 4.69) is 5.32 Å². The average Bonchev–Trinajstić information content (AvgIpc) is 3.16. The molecule has 0 aliphatic carbocycles. The Kier molecular flexibility index (Phi) is 5.56. The molecule has 8 nitrogen and oxygen atoms in total. The molecule has 0 saturated carbocycles. The predicted molar refractivity (Wildman–Crippen MR) is 109 cm³/mol. The molecule has 1 unspecified atom stereocenters. The summed E-state index contributed by atoms with van der Waals surface area (Å²) in [6, 6.07) is 11.8. The van der Waals surface area contributed by atoms with Crippen LogP contribution in [0.4, 0.5) is 11.4 Å². The van der Waals surface area contributed by atoms with Crippen LogP contribution in [-0.4, -0.2) is 44.1 Å². The number of rotatable bonds is 5. The minimum atomic E-state index is -0.476. The van der Waals surface area contributed by atoms with E-state index in [1.165, 1.54) is 0 Å². The lowest BCUT2D eigenvalue weighted by Gasteiger charge is -2.19. The van der Waals surface area contributed by atoms with E-state index in [9.17, 15) is 14.4 Å². The lowest BCUT2D eigenvalue weighted by molar-refractivity contribution is -0.122. The number of esters is 1. The highest BCUT2D eigenvalue weighted by Gasteiger charge is 2.35. The number of carbonyl (C=O) groups excluding carboxylic acids is 3.